The fourth-order valence-electron chi connectivity index (χ4n) is 3.78. The van der Waals surface area contributed by atoms with Gasteiger partial charge in [0, 0.05) is 17.8 Å². The molecule has 3 rings (SSSR count). The summed E-state index contributed by atoms with van der Waals surface area (Å²) < 4.78 is 10.8. The van der Waals surface area contributed by atoms with Gasteiger partial charge in [-0.15, -0.1) is 0 Å². The number of hydrogen-bond donors (Lipinski definition) is 0. The Morgan fingerprint density at radius 1 is 1.03 bits per heavy atom. The monoisotopic (exact) mass is 618 g/mol. The van der Waals surface area contributed by atoms with E-state index in [4.69, 9.17) is 21.3 Å². The summed E-state index contributed by atoms with van der Waals surface area (Å²) in [6, 6.07) is 16.1. The van der Waals surface area contributed by atoms with E-state index in [1.165, 1.54) is 11.4 Å². The second-order valence-electron chi connectivity index (χ2n) is 9.92. The maximum Gasteiger partial charge on any atom is 0.155 e. The van der Waals surface area contributed by atoms with Crippen LogP contribution in [-0.4, -0.2) is 16.4 Å². The van der Waals surface area contributed by atoms with Crippen molar-refractivity contribution in [1.29, 1.82) is 0 Å². The van der Waals surface area contributed by atoms with E-state index in [0.717, 1.165) is 31.7 Å². The normalized spacial score (nSPS) is 13.5. The zero-order valence-corrected chi connectivity index (χ0v) is 25.1. The maximum atomic E-state index is 6.75. The van der Waals surface area contributed by atoms with Gasteiger partial charge in [-0.05, 0) is 100 Å². The molecule has 0 unspecified atom stereocenters. The lowest BCUT2D eigenvalue weighted by molar-refractivity contribution is 0.237. The zero-order valence-electron chi connectivity index (χ0n) is 21.2. The second kappa shape index (κ2) is 11.9. The van der Waals surface area contributed by atoms with E-state index in [2.05, 4.69) is 114 Å². The molecule has 186 valence electrons. The lowest BCUT2D eigenvalue weighted by Gasteiger charge is -2.25. The summed E-state index contributed by atoms with van der Waals surface area (Å²) in [7, 11) is 0. The number of aromatic nitrogens is 1. The van der Waals surface area contributed by atoms with Gasteiger partial charge in [-0.3, -0.25) is 4.99 Å². The number of allylic oxidation sites excluding steroid dienone is 2. The van der Waals surface area contributed by atoms with Crippen LogP contribution in [0, 0.1) is 26.2 Å². The van der Waals surface area contributed by atoms with Crippen LogP contribution in [0.1, 0.15) is 44.1 Å². The zero-order chi connectivity index (χ0) is 25.8. The summed E-state index contributed by atoms with van der Waals surface area (Å²) in [6.45, 7) is 13.5. The van der Waals surface area contributed by atoms with Crippen molar-refractivity contribution in [2.45, 2.75) is 60.6 Å². The number of hydrogen-bond acceptors (Lipinski definition) is 2. The Bertz CT molecular complexity index is 1200. The molecule has 1 aromatic heterocycles. The quantitative estimate of drug-likeness (QED) is 0.182. The highest BCUT2D eigenvalue weighted by molar-refractivity contribution is 9.11. The minimum atomic E-state index is -0.323. The molecule has 0 aliphatic heterocycles. The lowest BCUT2D eigenvalue weighted by atomic mass is 9.95. The minimum Gasteiger partial charge on any atom is -0.480 e. The van der Waals surface area contributed by atoms with Gasteiger partial charge < -0.3 is 9.30 Å². The molecular weight excluding hydrogens is 588 g/mol. The predicted octanol–water partition coefficient (Wildman–Crippen LogP) is 9.80. The highest BCUT2D eigenvalue weighted by Crippen LogP contribution is 2.36. The Kier molecular flexibility index (Phi) is 9.47. The second-order valence-corrected chi connectivity index (χ2v) is 12.0. The van der Waals surface area contributed by atoms with E-state index >= 15 is 0 Å². The third-order valence-electron chi connectivity index (χ3n) is 5.60. The molecule has 1 heterocycles. The number of aliphatic imine (C=N–C) groups is 1. The van der Waals surface area contributed by atoms with E-state index in [-0.39, 0.29) is 11.5 Å². The van der Waals surface area contributed by atoms with Gasteiger partial charge in [-0.1, -0.05) is 56.7 Å². The third kappa shape index (κ3) is 7.83. The van der Waals surface area contributed by atoms with Crippen molar-refractivity contribution in [2.24, 2.45) is 10.4 Å². The van der Waals surface area contributed by atoms with E-state index in [1.54, 1.807) is 0 Å². The van der Waals surface area contributed by atoms with Gasteiger partial charge in [0.2, 0.25) is 0 Å². The van der Waals surface area contributed by atoms with Gasteiger partial charge >= 0.3 is 0 Å². The molecule has 0 saturated heterocycles. The van der Waals surface area contributed by atoms with E-state index in [9.17, 15) is 0 Å². The van der Waals surface area contributed by atoms with Crippen molar-refractivity contribution in [3.05, 3.63) is 91.6 Å². The summed E-state index contributed by atoms with van der Waals surface area (Å²) in [5.74, 6) is 0.759. The number of nitrogens with zero attached hydrogens (tertiary/aromatic N) is 2. The first-order valence-corrected chi connectivity index (χ1v) is 13.7. The number of benzene rings is 2. The van der Waals surface area contributed by atoms with Crippen LogP contribution in [0.25, 0.3) is 0 Å². The van der Waals surface area contributed by atoms with Crippen LogP contribution in [0.4, 0.5) is 5.69 Å². The minimum absolute atomic E-state index is 0.0719. The standard InChI is InChI=1S/C29H33Br2ClN2O/c1-19-16-22(30)28(23(31)17-19)35-27(18-34-20(2)13-14-21(34)3)26(12-9-15-29(4,5)6)33-25-11-8-7-10-24(25)32/h7-11,13-17,27H,12,18H2,1-6H3/b15-9+,33-26?/t27-/m0/s1. The highest BCUT2D eigenvalue weighted by atomic mass is 79.9. The molecule has 1 atom stereocenters. The van der Waals surface area contributed by atoms with Gasteiger partial charge in [0.05, 0.1) is 31.9 Å². The van der Waals surface area contributed by atoms with Crippen LogP contribution < -0.4 is 4.74 Å². The SMILES string of the molecule is Cc1cc(Br)c(O[C@@H](Cn2c(C)ccc2C)C(C/C=C/C(C)(C)C)=Nc2ccccc2Cl)c(Br)c1. The van der Waals surface area contributed by atoms with Crippen molar-refractivity contribution in [3.8, 4) is 5.75 Å². The fourth-order valence-corrected chi connectivity index (χ4v) is 5.56. The molecule has 0 aliphatic carbocycles. The third-order valence-corrected chi connectivity index (χ3v) is 7.10. The molecule has 0 radical (unpaired) electrons. The van der Waals surface area contributed by atoms with E-state index < -0.39 is 0 Å². The lowest BCUT2D eigenvalue weighted by Crippen LogP contribution is -2.33. The van der Waals surface area contributed by atoms with Crippen LogP contribution in [-0.2, 0) is 6.54 Å². The smallest absolute Gasteiger partial charge is 0.155 e. The highest BCUT2D eigenvalue weighted by Gasteiger charge is 2.23. The largest absolute Gasteiger partial charge is 0.480 e. The van der Waals surface area contributed by atoms with Crippen molar-refractivity contribution < 1.29 is 4.74 Å². The Balaban J connectivity index is 2.12. The Morgan fingerprint density at radius 2 is 1.63 bits per heavy atom. The number of halogens is 3. The van der Waals surface area contributed by atoms with Crippen LogP contribution in [0.3, 0.4) is 0 Å². The van der Waals surface area contributed by atoms with Gasteiger partial charge in [0.25, 0.3) is 0 Å². The fraction of sp³-hybridized carbons (Fsp3) is 0.345. The number of aryl methyl sites for hydroxylation is 3. The van der Waals surface area contributed by atoms with Crippen LogP contribution in [0.2, 0.25) is 5.02 Å². The number of rotatable bonds is 8. The van der Waals surface area contributed by atoms with Crippen molar-refractivity contribution in [1.82, 2.24) is 4.57 Å². The summed E-state index contributed by atoms with van der Waals surface area (Å²) in [4.78, 5) is 5.06. The van der Waals surface area contributed by atoms with Crippen LogP contribution in [0.15, 0.2) is 74.6 Å². The molecular formula is C29H33Br2ClN2O. The molecule has 3 nitrogen and oxygen atoms in total. The predicted molar refractivity (Wildman–Crippen MR) is 157 cm³/mol. The summed E-state index contributed by atoms with van der Waals surface area (Å²) in [5, 5.41) is 0.620. The first kappa shape index (κ1) is 27.8. The van der Waals surface area contributed by atoms with Crippen LogP contribution >= 0.6 is 43.5 Å². The van der Waals surface area contributed by atoms with Crippen molar-refractivity contribution in [2.75, 3.05) is 0 Å². The van der Waals surface area contributed by atoms with Crippen LogP contribution in [0.5, 0.6) is 5.75 Å². The molecule has 35 heavy (non-hydrogen) atoms. The average Bonchev–Trinajstić information content (AvgIpc) is 3.07. The van der Waals surface area contributed by atoms with E-state index in [1.807, 2.05) is 24.3 Å². The Hall–Kier alpha value is -1.82. The molecule has 0 amide bonds. The summed E-state index contributed by atoms with van der Waals surface area (Å²) in [6.07, 6.45) is 4.72. The molecule has 0 saturated carbocycles. The van der Waals surface area contributed by atoms with Crippen molar-refractivity contribution in [3.63, 3.8) is 0 Å². The van der Waals surface area contributed by atoms with E-state index in [0.29, 0.717) is 18.0 Å². The molecule has 0 spiro atoms. The van der Waals surface area contributed by atoms with Gasteiger partial charge in [0.15, 0.2) is 6.10 Å². The first-order valence-electron chi connectivity index (χ1n) is 11.7. The maximum absolute atomic E-state index is 6.75. The van der Waals surface area contributed by atoms with Gasteiger partial charge in [0.1, 0.15) is 5.75 Å². The first-order chi connectivity index (χ1) is 16.4. The summed E-state index contributed by atoms with van der Waals surface area (Å²) in [5.41, 5.74) is 5.22. The summed E-state index contributed by atoms with van der Waals surface area (Å²) >= 11 is 13.9. The molecule has 0 fully saturated rings. The Morgan fingerprint density at radius 3 is 2.20 bits per heavy atom. The molecule has 2 aromatic carbocycles. The Labute approximate surface area is 231 Å². The molecule has 6 heteroatoms. The van der Waals surface area contributed by atoms with Gasteiger partial charge in [-0.2, -0.15) is 0 Å². The topological polar surface area (TPSA) is 26.5 Å². The van der Waals surface area contributed by atoms with Gasteiger partial charge in [-0.25, -0.2) is 0 Å². The molecule has 0 aliphatic rings. The number of ether oxygens (including phenoxy) is 1. The molecule has 0 N–H and O–H groups in total. The average molecular weight is 621 g/mol. The van der Waals surface area contributed by atoms with Crippen molar-refractivity contribution >= 4 is 54.9 Å². The number of para-hydroxylation sites is 1. The molecule has 3 aromatic rings. The molecule has 0 bridgehead atoms.